The summed E-state index contributed by atoms with van der Waals surface area (Å²) in [5, 5.41) is 15.4. The van der Waals surface area contributed by atoms with Gasteiger partial charge in [-0.15, -0.1) is 0 Å². The molecular weight excluding hydrogens is 154 g/mol. The molecule has 0 aliphatic carbocycles. The maximum Gasteiger partial charge on any atom is 0.140 e. The van der Waals surface area contributed by atoms with Gasteiger partial charge in [0.25, 0.3) is 0 Å². The second-order valence-electron chi connectivity index (χ2n) is 2.53. The van der Waals surface area contributed by atoms with E-state index in [1.54, 1.807) is 11.6 Å². The molecule has 1 rings (SSSR count). The first-order chi connectivity index (χ1) is 5.74. The van der Waals surface area contributed by atoms with Gasteiger partial charge < -0.3 is 0 Å². The first-order valence-corrected chi connectivity index (χ1v) is 3.70. The Hall–Kier alpha value is -1.41. The van der Waals surface area contributed by atoms with Gasteiger partial charge in [-0.3, -0.25) is 10.00 Å². The third-order valence-electron chi connectivity index (χ3n) is 1.57. The van der Waals surface area contributed by atoms with E-state index in [9.17, 15) is 0 Å². The zero-order valence-electron chi connectivity index (χ0n) is 7.15. The zero-order valence-corrected chi connectivity index (χ0v) is 7.15. The van der Waals surface area contributed by atoms with Crippen LogP contribution in [0.15, 0.2) is 6.33 Å². The van der Waals surface area contributed by atoms with E-state index >= 15 is 0 Å². The monoisotopic (exact) mass is 165 g/mol. The van der Waals surface area contributed by atoms with Gasteiger partial charge in [0.15, 0.2) is 0 Å². The molecule has 0 aliphatic rings. The minimum absolute atomic E-state index is 0.151. The fraction of sp³-hybridized carbons (Fsp3) is 0.571. The van der Waals surface area contributed by atoms with Gasteiger partial charge in [-0.1, -0.05) is 0 Å². The predicted molar refractivity (Wildman–Crippen MR) is 42.9 cm³/mol. The Kier molecular flexibility index (Phi) is 2.77. The molecule has 1 aromatic heterocycles. The molecule has 0 amide bonds. The largest absolute Gasteiger partial charge is 0.295 e. The van der Waals surface area contributed by atoms with Crippen molar-refractivity contribution in [2.75, 3.05) is 0 Å². The lowest BCUT2D eigenvalue weighted by Gasteiger charge is -2.04. The topological polar surface area (TPSA) is 66.5 Å². The summed E-state index contributed by atoms with van der Waals surface area (Å²) in [6, 6.07) is 1.93. The third-order valence-corrected chi connectivity index (χ3v) is 1.57. The smallest absolute Gasteiger partial charge is 0.140 e. The van der Waals surface area contributed by atoms with Gasteiger partial charge in [-0.2, -0.15) is 10.4 Å². The number of nitrogens with one attached hydrogen (secondary N) is 1. The Morgan fingerprint density at radius 2 is 2.58 bits per heavy atom. The van der Waals surface area contributed by atoms with Crippen molar-refractivity contribution in [1.82, 2.24) is 20.1 Å². The van der Waals surface area contributed by atoms with Gasteiger partial charge in [0.1, 0.15) is 12.2 Å². The minimum atomic E-state index is -0.151. The summed E-state index contributed by atoms with van der Waals surface area (Å²) in [4.78, 5) is 4.00. The average Bonchev–Trinajstić information content (AvgIpc) is 2.47. The molecule has 0 bridgehead atoms. The van der Waals surface area contributed by atoms with Crippen molar-refractivity contribution in [3.63, 3.8) is 0 Å². The Morgan fingerprint density at radius 3 is 3.08 bits per heavy atom. The molecule has 0 saturated carbocycles. The summed E-state index contributed by atoms with van der Waals surface area (Å²) in [6.45, 7) is 2.38. The number of nitriles is 1. The van der Waals surface area contributed by atoms with Crippen LogP contribution in [0.25, 0.3) is 0 Å². The van der Waals surface area contributed by atoms with E-state index in [1.807, 2.05) is 7.05 Å². The van der Waals surface area contributed by atoms with E-state index < -0.39 is 0 Å². The normalized spacial score (nSPS) is 12.4. The average molecular weight is 165 g/mol. The van der Waals surface area contributed by atoms with E-state index in [0.29, 0.717) is 6.54 Å². The van der Waals surface area contributed by atoms with Crippen LogP contribution < -0.4 is 5.32 Å². The van der Waals surface area contributed by atoms with Crippen LogP contribution in [-0.4, -0.2) is 20.8 Å². The van der Waals surface area contributed by atoms with E-state index in [4.69, 9.17) is 5.26 Å². The van der Waals surface area contributed by atoms with Crippen molar-refractivity contribution in [3.05, 3.63) is 12.2 Å². The zero-order chi connectivity index (χ0) is 8.97. The van der Waals surface area contributed by atoms with Gasteiger partial charge in [-0.25, -0.2) is 4.98 Å². The Balaban J connectivity index is 2.44. The van der Waals surface area contributed by atoms with Gasteiger partial charge >= 0.3 is 0 Å². The maximum atomic E-state index is 8.48. The molecule has 1 atom stereocenters. The molecule has 1 aromatic rings. The molecule has 0 spiro atoms. The van der Waals surface area contributed by atoms with Crippen molar-refractivity contribution >= 4 is 0 Å². The molecule has 1 N–H and O–H groups in total. The van der Waals surface area contributed by atoms with Crippen LogP contribution in [0.1, 0.15) is 12.7 Å². The molecule has 1 heterocycles. The Labute approximate surface area is 71.0 Å². The van der Waals surface area contributed by atoms with Crippen LogP contribution in [0.2, 0.25) is 0 Å². The molecule has 5 nitrogen and oxygen atoms in total. The van der Waals surface area contributed by atoms with E-state index in [-0.39, 0.29) is 6.04 Å². The minimum Gasteiger partial charge on any atom is -0.295 e. The molecule has 0 fully saturated rings. The molecule has 0 radical (unpaired) electrons. The third kappa shape index (κ3) is 2.04. The molecule has 5 heteroatoms. The SMILES string of the molecule is CC(C#N)NCc1ncnn1C. The van der Waals surface area contributed by atoms with E-state index in [2.05, 4.69) is 21.5 Å². The Bertz CT molecular complexity index is 284. The van der Waals surface area contributed by atoms with Crippen LogP contribution in [0.4, 0.5) is 0 Å². The van der Waals surface area contributed by atoms with Crippen molar-refractivity contribution in [2.24, 2.45) is 7.05 Å². The highest BCUT2D eigenvalue weighted by molar-refractivity contribution is 4.89. The van der Waals surface area contributed by atoms with Gasteiger partial charge in [-0.05, 0) is 6.92 Å². The lowest BCUT2D eigenvalue weighted by Crippen LogP contribution is -2.25. The number of aromatic nitrogens is 3. The molecular formula is C7H11N5. The molecule has 64 valence electrons. The summed E-state index contributed by atoms with van der Waals surface area (Å²) >= 11 is 0. The standard InChI is InChI=1S/C7H11N5/c1-6(3-8)9-4-7-10-5-11-12(7)2/h5-6,9H,4H2,1-2H3. The molecule has 0 aliphatic heterocycles. The van der Waals surface area contributed by atoms with Gasteiger partial charge in [0.05, 0.1) is 18.7 Å². The number of hydrogen-bond acceptors (Lipinski definition) is 4. The predicted octanol–water partition coefficient (Wildman–Crippen LogP) is -0.183. The van der Waals surface area contributed by atoms with Crippen LogP contribution >= 0.6 is 0 Å². The van der Waals surface area contributed by atoms with E-state index in [1.165, 1.54) is 6.33 Å². The van der Waals surface area contributed by atoms with Gasteiger partial charge in [0.2, 0.25) is 0 Å². The summed E-state index contributed by atoms with van der Waals surface area (Å²) in [5.74, 6) is 0.831. The van der Waals surface area contributed by atoms with Crippen molar-refractivity contribution in [3.8, 4) is 6.07 Å². The highest BCUT2D eigenvalue weighted by Crippen LogP contribution is 1.90. The van der Waals surface area contributed by atoms with Crippen molar-refractivity contribution in [1.29, 1.82) is 5.26 Å². The van der Waals surface area contributed by atoms with Crippen LogP contribution in [0.3, 0.4) is 0 Å². The number of hydrogen-bond donors (Lipinski definition) is 1. The molecule has 0 saturated heterocycles. The second-order valence-corrected chi connectivity index (χ2v) is 2.53. The van der Waals surface area contributed by atoms with Crippen LogP contribution in [-0.2, 0) is 13.6 Å². The molecule has 0 aromatic carbocycles. The second kappa shape index (κ2) is 3.83. The first-order valence-electron chi connectivity index (χ1n) is 3.70. The lowest BCUT2D eigenvalue weighted by molar-refractivity contribution is 0.587. The highest BCUT2D eigenvalue weighted by Gasteiger charge is 2.02. The number of aryl methyl sites for hydroxylation is 1. The summed E-state index contributed by atoms with van der Waals surface area (Å²) in [7, 11) is 1.82. The summed E-state index contributed by atoms with van der Waals surface area (Å²) in [6.07, 6.45) is 1.49. The molecule has 12 heavy (non-hydrogen) atoms. The van der Waals surface area contributed by atoms with Gasteiger partial charge in [0, 0.05) is 7.05 Å². The van der Waals surface area contributed by atoms with E-state index in [0.717, 1.165) is 5.82 Å². The first kappa shape index (κ1) is 8.68. The van der Waals surface area contributed by atoms with Crippen molar-refractivity contribution in [2.45, 2.75) is 19.5 Å². The fourth-order valence-electron chi connectivity index (χ4n) is 0.770. The van der Waals surface area contributed by atoms with Crippen LogP contribution in [0.5, 0.6) is 0 Å². The summed E-state index contributed by atoms with van der Waals surface area (Å²) < 4.78 is 1.68. The quantitative estimate of drug-likeness (QED) is 0.674. The van der Waals surface area contributed by atoms with Crippen LogP contribution in [0, 0.1) is 11.3 Å². The number of nitrogens with zero attached hydrogens (tertiary/aromatic N) is 4. The number of rotatable bonds is 3. The highest BCUT2D eigenvalue weighted by atomic mass is 15.3. The summed E-state index contributed by atoms with van der Waals surface area (Å²) in [5.41, 5.74) is 0. The molecule has 1 unspecified atom stereocenters. The van der Waals surface area contributed by atoms with Crippen molar-refractivity contribution < 1.29 is 0 Å². The lowest BCUT2D eigenvalue weighted by atomic mass is 10.4. The Morgan fingerprint density at radius 1 is 1.83 bits per heavy atom. The fourth-order valence-corrected chi connectivity index (χ4v) is 0.770. The maximum absolute atomic E-state index is 8.48.